The van der Waals surface area contributed by atoms with E-state index >= 15 is 0 Å². The Morgan fingerprint density at radius 3 is 2.51 bits per heavy atom. The summed E-state index contributed by atoms with van der Waals surface area (Å²) in [5, 5.41) is 21.9. The Balaban J connectivity index is 2.26. The van der Waals surface area contributed by atoms with Crippen LogP contribution in [0.25, 0.3) is 0 Å². The van der Waals surface area contributed by atoms with Gasteiger partial charge in [0.15, 0.2) is 0 Å². The van der Waals surface area contributed by atoms with Gasteiger partial charge in [0.2, 0.25) is 5.96 Å². The molecule has 0 saturated heterocycles. The third-order valence-electron chi connectivity index (χ3n) is 6.88. The summed E-state index contributed by atoms with van der Waals surface area (Å²) in [6, 6.07) is 10.2. The number of anilines is 1. The van der Waals surface area contributed by atoms with Gasteiger partial charge in [-0.05, 0) is 69.9 Å². The molecule has 1 atom stereocenters. The van der Waals surface area contributed by atoms with Gasteiger partial charge in [0, 0.05) is 23.2 Å². The number of sulfone groups is 1. The molecule has 0 saturated carbocycles. The largest absolute Gasteiger partial charge is 0.466 e. The highest BCUT2D eigenvalue weighted by Gasteiger charge is 2.42. The van der Waals surface area contributed by atoms with E-state index in [1.165, 1.54) is 36.0 Å². The fourth-order valence-corrected chi connectivity index (χ4v) is 5.47. The normalized spacial score (nSPS) is 15.6. The Morgan fingerprint density at radius 1 is 1.20 bits per heavy atom. The Kier molecular flexibility index (Phi) is 11.4. The minimum atomic E-state index is -4.65. The Bertz CT molecular complexity index is 1690. The Morgan fingerprint density at radius 2 is 1.91 bits per heavy atom. The van der Waals surface area contributed by atoms with Gasteiger partial charge in [0.25, 0.3) is 0 Å². The van der Waals surface area contributed by atoms with Crippen molar-refractivity contribution in [3.8, 4) is 17.9 Å². The predicted octanol–water partition coefficient (Wildman–Crippen LogP) is 3.72. The zero-order chi connectivity index (χ0) is 33.5. The molecule has 0 bridgehead atoms. The highest BCUT2D eigenvalue weighted by molar-refractivity contribution is 7.90. The number of carbonyl (C=O) groups excluding carboxylic acids is 1. The number of benzene rings is 2. The van der Waals surface area contributed by atoms with Crippen LogP contribution in [-0.2, 0) is 25.5 Å². The number of esters is 1. The Labute approximate surface area is 261 Å². The van der Waals surface area contributed by atoms with Crippen LogP contribution in [0.15, 0.2) is 53.7 Å². The van der Waals surface area contributed by atoms with Gasteiger partial charge in [-0.15, -0.1) is 0 Å². The van der Waals surface area contributed by atoms with Gasteiger partial charge < -0.3 is 9.64 Å². The van der Waals surface area contributed by atoms with E-state index in [9.17, 15) is 37.1 Å². The fourth-order valence-electron chi connectivity index (χ4n) is 4.80. The second-order valence-electron chi connectivity index (χ2n) is 10.7. The second kappa shape index (κ2) is 14.6. The molecule has 0 spiro atoms. The maximum atomic E-state index is 13.7. The van der Waals surface area contributed by atoms with Crippen molar-refractivity contribution in [3.05, 3.63) is 76.0 Å². The van der Waals surface area contributed by atoms with Gasteiger partial charge in [0.05, 0.1) is 54.9 Å². The van der Waals surface area contributed by atoms with Crippen molar-refractivity contribution >= 4 is 27.5 Å². The lowest BCUT2D eigenvalue weighted by Gasteiger charge is -2.45. The molecule has 10 nitrogen and oxygen atoms in total. The number of ether oxygens (including phenoxy) is 1. The second-order valence-corrected chi connectivity index (χ2v) is 12.9. The van der Waals surface area contributed by atoms with E-state index in [1.807, 2.05) is 19.0 Å². The number of guanidine groups is 1. The van der Waals surface area contributed by atoms with Crippen LogP contribution in [0.4, 0.5) is 18.9 Å². The summed E-state index contributed by atoms with van der Waals surface area (Å²) in [4.78, 5) is 18.0. The van der Waals surface area contributed by atoms with Crippen LogP contribution < -0.4 is 10.2 Å². The van der Waals surface area contributed by atoms with E-state index in [1.54, 1.807) is 18.2 Å². The lowest BCUT2D eigenvalue weighted by atomic mass is 9.89. The Hall–Kier alpha value is -4.37. The molecule has 14 heteroatoms. The first-order valence-electron chi connectivity index (χ1n) is 13.8. The van der Waals surface area contributed by atoms with Crippen molar-refractivity contribution in [2.45, 2.75) is 25.6 Å². The van der Waals surface area contributed by atoms with Gasteiger partial charge >= 0.3 is 12.1 Å². The molecular formula is C31H35F3N6O4S. The average molecular weight is 645 g/mol. The van der Waals surface area contributed by atoms with Crippen LogP contribution in [0.5, 0.6) is 0 Å². The average Bonchev–Trinajstić information content (AvgIpc) is 2.96. The monoisotopic (exact) mass is 644 g/mol. The van der Waals surface area contributed by atoms with E-state index in [2.05, 4.69) is 23.2 Å². The van der Waals surface area contributed by atoms with Crippen LogP contribution in [0.1, 0.15) is 41.6 Å². The summed E-state index contributed by atoms with van der Waals surface area (Å²) in [6.45, 7) is 2.05. The molecule has 2 aromatic carbocycles. The lowest BCUT2D eigenvalue weighted by molar-refractivity contribution is -0.138. The number of alkyl halides is 3. The van der Waals surface area contributed by atoms with Gasteiger partial charge in [0.1, 0.15) is 9.84 Å². The molecule has 1 unspecified atom stereocenters. The standard InChI is InChI=1S/C31H35F3N6O4S/c1-21-27(29(41)44-4)28(26-13-12-22(19-35)17-23(26)9-7-15-38(2)3)39(20-37-14-8-16-45(5,42)43)30(36)40(21)25-11-6-10-24(18-25)31(32,33)34/h6,10-13,17-18,28,36-37H,8,14-16,20H2,1-5H3. The third-order valence-corrected chi connectivity index (χ3v) is 7.91. The van der Waals surface area contributed by atoms with Crippen molar-refractivity contribution in [1.82, 2.24) is 15.1 Å². The minimum absolute atomic E-state index is 0.0000750. The van der Waals surface area contributed by atoms with E-state index in [0.717, 1.165) is 18.4 Å². The topological polar surface area (TPSA) is 130 Å². The quantitative estimate of drug-likeness (QED) is 0.226. The molecule has 0 amide bonds. The van der Waals surface area contributed by atoms with Gasteiger partial charge in [-0.2, -0.15) is 18.4 Å². The molecule has 0 aliphatic carbocycles. The van der Waals surface area contributed by atoms with E-state index < -0.39 is 33.6 Å². The molecule has 0 fully saturated rings. The molecule has 0 radical (unpaired) electrons. The van der Waals surface area contributed by atoms with Crippen molar-refractivity contribution in [2.24, 2.45) is 0 Å². The zero-order valence-electron chi connectivity index (χ0n) is 25.6. The zero-order valence-corrected chi connectivity index (χ0v) is 26.4. The fraction of sp³-hybridized carbons (Fsp3) is 0.387. The molecule has 2 aromatic rings. The van der Waals surface area contributed by atoms with E-state index in [-0.39, 0.29) is 48.3 Å². The maximum Gasteiger partial charge on any atom is 0.416 e. The first-order valence-corrected chi connectivity index (χ1v) is 15.8. The molecular weight excluding hydrogens is 609 g/mol. The molecule has 1 aliphatic heterocycles. The van der Waals surface area contributed by atoms with Gasteiger partial charge in [-0.3, -0.25) is 20.5 Å². The van der Waals surface area contributed by atoms with Crippen molar-refractivity contribution in [2.75, 3.05) is 57.9 Å². The highest BCUT2D eigenvalue weighted by Crippen LogP contribution is 2.41. The number of nitrogens with one attached hydrogen (secondary N) is 2. The number of carbonyl (C=O) groups is 1. The summed E-state index contributed by atoms with van der Waals surface area (Å²) < 4.78 is 69.4. The van der Waals surface area contributed by atoms with Crippen molar-refractivity contribution < 1.29 is 31.1 Å². The highest BCUT2D eigenvalue weighted by atomic mass is 32.2. The number of allylic oxidation sites excluding steroid dienone is 1. The number of nitriles is 1. The summed E-state index contributed by atoms with van der Waals surface area (Å²) >= 11 is 0. The smallest absolute Gasteiger partial charge is 0.416 e. The number of hydrogen-bond donors (Lipinski definition) is 2. The summed E-state index contributed by atoms with van der Waals surface area (Å²) in [5.74, 6) is 4.98. The molecule has 0 aromatic heterocycles. The predicted molar refractivity (Wildman–Crippen MR) is 165 cm³/mol. The lowest BCUT2D eigenvalue weighted by Crippen LogP contribution is -2.54. The SMILES string of the molecule is COC(=O)C1=C(C)N(c2cccc(C(F)(F)F)c2)C(=N)N(CNCCCS(C)(=O)=O)C1c1ccc(C#N)cc1C#CCN(C)C. The van der Waals surface area contributed by atoms with Gasteiger partial charge in [-0.25, -0.2) is 13.2 Å². The maximum absolute atomic E-state index is 13.7. The van der Waals surface area contributed by atoms with E-state index in [0.29, 0.717) is 23.2 Å². The molecule has 3 rings (SSSR count). The molecule has 2 N–H and O–H groups in total. The third kappa shape index (κ3) is 8.85. The molecule has 1 aliphatic rings. The summed E-state index contributed by atoms with van der Waals surface area (Å²) in [6.07, 6.45) is -3.27. The number of hydrogen-bond acceptors (Lipinski definition) is 8. The number of rotatable bonds is 10. The summed E-state index contributed by atoms with van der Waals surface area (Å²) in [7, 11) is 1.63. The first kappa shape index (κ1) is 35.1. The number of halogens is 3. The van der Waals surface area contributed by atoms with Crippen LogP contribution >= 0.6 is 0 Å². The van der Waals surface area contributed by atoms with Crippen molar-refractivity contribution in [1.29, 1.82) is 10.7 Å². The van der Waals surface area contributed by atoms with E-state index in [4.69, 9.17) is 4.74 Å². The number of methoxy groups -OCH3 is 1. The van der Waals surface area contributed by atoms with Crippen LogP contribution in [-0.4, -0.2) is 83.1 Å². The van der Waals surface area contributed by atoms with Crippen LogP contribution in [0.3, 0.4) is 0 Å². The molecule has 1 heterocycles. The summed E-state index contributed by atoms with van der Waals surface area (Å²) in [5.41, 5.74) is 0.475. The molecule has 45 heavy (non-hydrogen) atoms. The van der Waals surface area contributed by atoms with Gasteiger partial charge in [-0.1, -0.05) is 24.0 Å². The van der Waals surface area contributed by atoms with Crippen LogP contribution in [0, 0.1) is 28.6 Å². The number of nitrogens with zero attached hydrogens (tertiary/aromatic N) is 4. The van der Waals surface area contributed by atoms with Crippen LogP contribution in [0.2, 0.25) is 0 Å². The minimum Gasteiger partial charge on any atom is -0.466 e. The van der Waals surface area contributed by atoms with Crippen molar-refractivity contribution in [3.63, 3.8) is 0 Å². The first-order chi connectivity index (χ1) is 21.1. The molecule has 240 valence electrons.